The van der Waals surface area contributed by atoms with Crippen LogP contribution >= 0.6 is 11.6 Å². The summed E-state index contributed by atoms with van der Waals surface area (Å²) in [6.45, 7) is 1.70. The third kappa shape index (κ3) is 7.35. The maximum Gasteiger partial charge on any atom is 0.271 e. The molecule has 4 rings (SSSR count). The van der Waals surface area contributed by atoms with Gasteiger partial charge in [-0.05, 0) is 84.3 Å². The fourth-order valence-electron chi connectivity index (χ4n) is 3.69. The van der Waals surface area contributed by atoms with E-state index >= 15 is 0 Å². The van der Waals surface area contributed by atoms with E-state index in [-0.39, 0.29) is 23.8 Å². The van der Waals surface area contributed by atoms with Gasteiger partial charge in [-0.3, -0.25) is 4.79 Å². The summed E-state index contributed by atoms with van der Waals surface area (Å²) in [5, 5.41) is 4.47. The van der Waals surface area contributed by atoms with E-state index in [1.54, 1.807) is 43.3 Å². The fourth-order valence-corrected chi connectivity index (χ4v) is 5.24. The van der Waals surface area contributed by atoms with E-state index in [0.717, 1.165) is 0 Å². The minimum Gasteiger partial charge on any atom is -0.267 e. The average Bonchev–Trinajstić information content (AvgIpc) is 2.93. The van der Waals surface area contributed by atoms with E-state index in [1.165, 1.54) is 65.0 Å². The molecule has 0 fully saturated rings. The van der Waals surface area contributed by atoms with Crippen molar-refractivity contribution in [2.45, 2.75) is 24.9 Å². The van der Waals surface area contributed by atoms with Crippen molar-refractivity contribution in [3.63, 3.8) is 0 Å². The first-order chi connectivity index (χ1) is 18.6. The first kappa shape index (κ1) is 28.1. The lowest BCUT2D eigenvalue weighted by Gasteiger charge is -2.23. The van der Waals surface area contributed by atoms with E-state index in [9.17, 15) is 22.0 Å². The Kier molecular flexibility index (Phi) is 8.86. The lowest BCUT2D eigenvalue weighted by atomic mass is 10.1. The first-order valence-electron chi connectivity index (χ1n) is 11.8. The first-order valence-corrected chi connectivity index (χ1v) is 13.6. The van der Waals surface area contributed by atoms with Gasteiger partial charge in [0, 0.05) is 23.7 Å². The Hall–Kier alpha value is -3.92. The molecule has 0 unspecified atom stereocenters. The number of hydrogen-bond acceptors (Lipinski definition) is 4. The molecule has 4 aromatic carbocycles. The number of nitrogens with zero attached hydrogens (tertiary/aromatic N) is 2. The molecule has 0 radical (unpaired) electrons. The SMILES string of the molecule is C/C(=N\NC(=O)c1ccc(CN(Cc2ccc(F)cc2)S(=O)(=O)c2ccc(Cl)cc2)cc1)c1ccc(F)cc1. The lowest BCUT2D eigenvalue weighted by molar-refractivity contribution is 0.0954. The molecular weight excluding hydrogens is 544 g/mol. The molecule has 0 spiro atoms. The predicted octanol–water partition coefficient (Wildman–Crippen LogP) is 6.16. The summed E-state index contributed by atoms with van der Waals surface area (Å²) in [5.41, 5.74) is 5.20. The molecule has 6 nitrogen and oxygen atoms in total. The second kappa shape index (κ2) is 12.3. The predicted molar refractivity (Wildman–Crippen MR) is 147 cm³/mol. The number of hydrazone groups is 1. The second-order valence-corrected chi connectivity index (χ2v) is 11.1. The van der Waals surface area contributed by atoms with Crippen molar-refractivity contribution in [3.8, 4) is 0 Å². The number of sulfonamides is 1. The van der Waals surface area contributed by atoms with Crippen LogP contribution in [0.15, 0.2) is 107 Å². The number of hydrogen-bond donors (Lipinski definition) is 1. The Bertz CT molecular complexity index is 1580. The maximum atomic E-state index is 13.5. The molecule has 39 heavy (non-hydrogen) atoms. The standard InChI is InChI=1S/C29H24ClF2N3O3S/c1-20(23-8-14-27(32)15-9-23)33-34-29(36)24-6-2-21(3-7-24)18-35(19-22-4-12-26(31)13-5-22)39(37,38)28-16-10-25(30)11-17-28/h2-17H,18-19H2,1H3,(H,34,36)/b33-20+. The smallest absolute Gasteiger partial charge is 0.267 e. The van der Waals surface area contributed by atoms with Crippen LogP contribution in [0, 0.1) is 11.6 Å². The highest BCUT2D eigenvalue weighted by molar-refractivity contribution is 7.89. The Morgan fingerprint density at radius 3 is 1.77 bits per heavy atom. The van der Waals surface area contributed by atoms with E-state index in [1.807, 2.05) is 0 Å². The summed E-state index contributed by atoms with van der Waals surface area (Å²) >= 11 is 5.93. The van der Waals surface area contributed by atoms with Gasteiger partial charge in [-0.15, -0.1) is 0 Å². The van der Waals surface area contributed by atoms with Crippen molar-refractivity contribution in [2.24, 2.45) is 5.10 Å². The highest BCUT2D eigenvalue weighted by Gasteiger charge is 2.25. The maximum absolute atomic E-state index is 13.5. The molecule has 0 saturated heterocycles. The minimum absolute atomic E-state index is 0.00482. The van der Waals surface area contributed by atoms with Gasteiger partial charge in [-0.2, -0.15) is 9.41 Å². The fraction of sp³-hybridized carbons (Fsp3) is 0.103. The summed E-state index contributed by atoms with van der Waals surface area (Å²) in [4.78, 5) is 12.7. The summed E-state index contributed by atoms with van der Waals surface area (Å²) in [6.07, 6.45) is 0. The number of amides is 1. The highest BCUT2D eigenvalue weighted by Crippen LogP contribution is 2.23. The molecule has 0 saturated carbocycles. The van der Waals surface area contributed by atoms with Gasteiger partial charge in [0.15, 0.2) is 0 Å². The molecule has 0 aliphatic rings. The number of carbonyl (C=O) groups is 1. The zero-order valence-electron chi connectivity index (χ0n) is 20.8. The molecule has 0 aliphatic heterocycles. The van der Waals surface area contributed by atoms with Gasteiger partial charge in [0.1, 0.15) is 11.6 Å². The molecule has 0 aromatic heterocycles. The number of nitrogens with one attached hydrogen (secondary N) is 1. The van der Waals surface area contributed by atoms with Crippen LogP contribution < -0.4 is 5.43 Å². The number of benzene rings is 4. The quantitative estimate of drug-likeness (QED) is 0.194. The Labute approximate surface area is 230 Å². The van der Waals surface area contributed by atoms with Crippen molar-refractivity contribution >= 4 is 33.2 Å². The van der Waals surface area contributed by atoms with Crippen LogP contribution in [0.3, 0.4) is 0 Å². The molecule has 200 valence electrons. The molecule has 4 aromatic rings. The minimum atomic E-state index is -3.94. The van der Waals surface area contributed by atoms with Crippen LogP contribution in [0.5, 0.6) is 0 Å². The molecule has 1 N–H and O–H groups in total. The number of halogens is 3. The van der Waals surface area contributed by atoms with E-state index in [4.69, 9.17) is 11.6 Å². The van der Waals surface area contributed by atoms with Crippen molar-refractivity contribution in [1.29, 1.82) is 0 Å². The van der Waals surface area contributed by atoms with E-state index < -0.39 is 21.7 Å². The Morgan fingerprint density at radius 1 is 0.769 bits per heavy atom. The Morgan fingerprint density at radius 2 is 1.23 bits per heavy atom. The third-order valence-electron chi connectivity index (χ3n) is 5.89. The summed E-state index contributed by atoms with van der Waals surface area (Å²) in [6, 6.07) is 23.6. The third-order valence-corrected chi connectivity index (χ3v) is 7.94. The zero-order valence-corrected chi connectivity index (χ0v) is 22.4. The summed E-state index contributed by atoms with van der Waals surface area (Å²) in [5.74, 6) is -1.25. The molecule has 0 aliphatic carbocycles. The van der Waals surface area contributed by atoms with Crippen LogP contribution in [-0.2, 0) is 23.1 Å². The molecule has 0 atom stereocenters. The van der Waals surface area contributed by atoms with Crippen molar-refractivity contribution in [2.75, 3.05) is 0 Å². The highest BCUT2D eigenvalue weighted by atomic mass is 35.5. The topological polar surface area (TPSA) is 78.8 Å². The lowest BCUT2D eigenvalue weighted by Crippen LogP contribution is -2.30. The van der Waals surface area contributed by atoms with E-state index in [0.29, 0.717) is 33.0 Å². The van der Waals surface area contributed by atoms with Crippen molar-refractivity contribution in [1.82, 2.24) is 9.73 Å². The molecular formula is C29H24ClF2N3O3S. The van der Waals surface area contributed by atoms with Gasteiger partial charge in [-0.1, -0.05) is 48.0 Å². The van der Waals surface area contributed by atoms with Gasteiger partial charge >= 0.3 is 0 Å². The van der Waals surface area contributed by atoms with Crippen LogP contribution in [0.1, 0.15) is 34.0 Å². The normalized spacial score (nSPS) is 12.0. The average molecular weight is 568 g/mol. The summed E-state index contributed by atoms with van der Waals surface area (Å²) in [7, 11) is -3.94. The largest absolute Gasteiger partial charge is 0.271 e. The monoisotopic (exact) mass is 567 g/mol. The van der Waals surface area contributed by atoms with Gasteiger partial charge < -0.3 is 0 Å². The molecule has 10 heteroatoms. The Balaban J connectivity index is 1.51. The molecule has 1 amide bonds. The van der Waals surface area contributed by atoms with Gasteiger partial charge in [0.05, 0.1) is 10.6 Å². The van der Waals surface area contributed by atoms with Crippen LogP contribution in [-0.4, -0.2) is 24.3 Å². The van der Waals surface area contributed by atoms with Crippen molar-refractivity contribution < 1.29 is 22.0 Å². The zero-order chi connectivity index (χ0) is 28.0. The number of carbonyl (C=O) groups excluding carboxylic acids is 1. The van der Waals surface area contributed by atoms with Crippen molar-refractivity contribution in [3.05, 3.63) is 136 Å². The van der Waals surface area contributed by atoms with Crippen LogP contribution in [0.25, 0.3) is 0 Å². The van der Waals surface area contributed by atoms with E-state index in [2.05, 4.69) is 10.5 Å². The molecule has 0 heterocycles. The van der Waals surface area contributed by atoms with Gasteiger partial charge in [-0.25, -0.2) is 22.6 Å². The second-order valence-electron chi connectivity index (χ2n) is 8.70. The van der Waals surface area contributed by atoms with Gasteiger partial charge in [0.25, 0.3) is 5.91 Å². The summed E-state index contributed by atoms with van der Waals surface area (Å²) < 4.78 is 54.8. The van der Waals surface area contributed by atoms with Crippen LogP contribution in [0.2, 0.25) is 5.02 Å². The van der Waals surface area contributed by atoms with Gasteiger partial charge in [0.2, 0.25) is 10.0 Å². The number of rotatable bonds is 9. The van der Waals surface area contributed by atoms with Crippen LogP contribution in [0.4, 0.5) is 8.78 Å². The molecule has 0 bridgehead atoms.